The molecule has 0 bridgehead atoms. The van der Waals surface area contributed by atoms with E-state index in [0.29, 0.717) is 13.2 Å². The first-order valence-electron chi connectivity index (χ1n) is 6.84. The Bertz CT molecular complexity index is 435. The summed E-state index contributed by atoms with van der Waals surface area (Å²) < 4.78 is 5.40. The predicted molar refractivity (Wildman–Crippen MR) is 77.4 cm³/mol. The first-order chi connectivity index (χ1) is 8.91. The van der Waals surface area contributed by atoms with Gasteiger partial charge in [-0.05, 0) is 51.6 Å². The summed E-state index contributed by atoms with van der Waals surface area (Å²) in [6.45, 7) is 7.90. The second kappa shape index (κ2) is 5.23. The van der Waals surface area contributed by atoms with Gasteiger partial charge >= 0.3 is 0 Å². The molecule has 0 spiro atoms. The Balaban J connectivity index is 2.51. The van der Waals surface area contributed by atoms with E-state index in [4.69, 9.17) is 4.74 Å². The van der Waals surface area contributed by atoms with Gasteiger partial charge in [-0.15, -0.1) is 0 Å². The van der Waals surface area contributed by atoms with Crippen molar-refractivity contribution in [2.45, 2.75) is 26.8 Å². The fourth-order valence-corrected chi connectivity index (χ4v) is 3.43. The lowest BCUT2D eigenvalue weighted by molar-refractivity contribution is -0.172. The lowest BCUT2D eigenvalue weighted by Crippen LogP contribution is -2.54. The average molecular weight is 263 g/mol. The molecule has 1 saturated heterocycles. The number of benzene rings is 1. The number of nitrogens with zero attached hydrogens (tertiary/aromatic N) is 1. The van der Waals surface area contributed by atoms with Gasteiger partial charge in [0.1, 0.15) is 0 Å². The second-order valence-corrected chi connectivity index (χ2v) is 6.19. The van der Waals surface area contributed by atoms with Gasteiger partial charge in [-0.2, -0.15) is 0 Å². The van der Waals surface area contributed by atoms with E-state index in [2.05, 4.69) is 51.9 Å². The molecule has 0 amide bonds. The monoisotopic (exact) mass is 263 g/mol. The van der Waals surface area contributed by atoms with E-state index in [0.717, 1.165) is 0 Å². The first-order valence-corrected chi connectivity index (χ1v) is 6.84. The minimum absolute atomic E-state index is 0.158. The van der Waals surface area contributed by atoms with E-state index < -0.39 is 0 Å². The molecule has 3 heteroatoms. The lowest BCUT2D eigenvalue weighted by atomic mass is 9.73. The van der Waals surface area contributed by atoms with Gasteiger partial charge in [0.05, 0.1) is 25.2 Å². The zero-order valence-corrected chi connectivity index (χ0v) is 12.7. The second-order valence-electron chi connectivity index (χ2n) is 6.19. The highest BCUT2D eigenvalue weighted by atomic mass is 16.5. The molecule has 3 nitrogen and oxygen atoms in total. The fourth-order valence-electron chi connectivity index (χ4n) is 3.43. The Kier molecular flexibility index (Phi) is 4.00. The van der Waals surface area contributed by atoms with Crippen molar-refractivity contribution >= 4 is 0 Å². The summed E-state index contributed by atoms with van der Waals surface area (Å²) in [5.41, 5.74) is 5.08. The molecule has 1 aromatic carbocycles. The molecule has 0 aliphatic carbocycles. The number of aliphatic hydroxyl groups is 1. The van der Waals surface area contributed by atoms with Crippen LogP contribution >= 0.6 is 0 Å². The van der Waals surface area contributed by atoms with E-state index in [1.165, 1.54) is 22.3 Å². The molecular weight excluding hydrogens is 238 g/mol. The van der Waals surface area contributed by atoms with E-state index in [-0.39, 0.29) is 18.1 Å². The van der Waals surface area contributed by atoms with Crippen LogP contribution in [0.1, 0.15) is 28.3 Å². The van der Waals surface area contributed by atoms with Crippen LogP contribution in [-0.2, 0) is 4.74 Å². The Morgan fingerprint density at radius 2 is 1.74 bits per heavy atom. The standard InChI is InChI=1S/C16H25NO2/c1-11-6-12(2)14(13(3)7-11)15(17(4)5)16(8-18)9-19-10-16/h6-7,15,18H,8-10H2,1-5H3. The summed E-state index contributed by atoms with van der Waals surface area (Å²) >= 11 is 0. The number of aliphatic hydroxyl groups excluding tert-OH is 1. The van der Waals surface area contributed by atoms with Crippen molar-refractivity contribution in [3.63, 3.8) is 0 Å². The van der Waals surface area contributed by atoms with E-state index in [1.54, 1.807) is 0 Å². The van der Waals surface area contributed by atoms with Crippen molar-refractivity contribution < 1.29 is 9.84 Å². The van der Waals surface area contributed by atoms with Crippen LogP contribution in [0.3, 0.4) is 0 Å². The summed E-state index contributed by atoms with van der Waals surface area (Å²) in [5.74, 6) is 0. The van der Waals surface area contributed by atoms with E-state index >= 15 is 0 Å². The van der Waals surface area contributed by atoms with Crippen LogP contribution in [0.25, 0.3) is 0 Å². The molecule has 1 atom stereocenters. The largest absolute Gasteiger partial charge is 0.396 e. The maximum absolute atomic E-state index is 9.85. The summed E-state index contributed by atoms with van der Waals surface area (Å²) in [6.07, 6.45) is 0. The highest BCUT2D eigenvalue weighted by Crippen LogP contribution is 2.45. The SMILES string of the molecule is Cc1cc(C)c(C(N(C)C)C2(CO)COC2)c(C)c1. The van der Waals surface area contributed by atoms with E-state index in [1.807, 2.05) is 0 Å². The number of hydrogen-bond donors (Lipinski definition) is 1. The summed E-state index contributed by atoms with van der Waals surface area (Å²) in [7, 11) is 4.16. The Morgan fingerprint density at radius 3 is 2.05 bits per heavy atom. The molecule has 1 heterocycles. The van der Waals surface area contributed by atoms with Crippen LogP contribution in [0.2, 0.25) is 0 Å². The number of aryl methyl sites for hydroxylation is 3. The van der Waals surface area contributed by atoms with Gasteiger partial charge in [-0.3, -0.25) is 0 Å². The van der Waals surface area contributed by atoms with Crippen molar-refractivity contribution in [1.29, 1.82) is 0 Å². The number of hydrogen-bond acceptors (Lipinski definition) is 3. The minimum Gasteiger partial charge on any atom is -0.396 e. The zero-order valence-electron chi connectivity index (χ0n) is 12.7. The number of rotatable bonds is 4. The third-order valence-corrected chi connectivity index (χ3v) is 4.20. The Morgan fingerprint density at radius 1 is 1.21 bits per heavy atom. The van der Waals surface area contributed by atoms with Gasteiger partial charge in [-0.1, -0.05) is 17.7 Å². The van der Waals surface area contributed by atoms with Crippen LogP contribution in [-0.4, -0.2) is 43.9 Å². The third kappa shape index (κ3) is 2.42. The Labute approximate surface area is 116 Å². The van der Waals surface area contributed by atoms with Gasteiger partial charge in [0.2, 0.25) is 0 Å². The minimum atomic E-state index is -0.158. The van der Waals surface area contributed by atoms with Gasteiger partial charge < -0.3 is 14.7 Å². The van der Waals surface area contributed by atoms with Crippen molar-refractivity contribution in [3.8, 4) is 0 Å². The lowest BCUT2D eigenvalue weighted by Gasteiger charge is -2.49. The van der Waals surface area contributed by atoms with Gasteiger partial charge in [-0.25, -0.2) is 0 Å². The topological polar surface area (TPSA) is 32.7 Å². The van der Waals surface area contributed by atoms with Gasteiger partial charge in [0, 0.05) is 6.04 Å². The van der Waals surface area contributed by atoms with Crippen molar-refractivity contribution in [1.82, 2.24) is 4.90 Å². The van der Waals surface area contributed by atoms with Crippen molar-refractivity contribution in [2.75, 3.05) is 33.9 Å². The van der Waals surface area contributed by atoms with Gasteiger partial charge in [0.15, 0.2) is 0 Å². The van der Waals surface area contributed by atoms with Crippen LogP contribution in [0, 0.1) is 26.2 Å². The molecule has 2 rings (SSSR count). The average Bonchev–Trinajstić information content (AvgIpc) is 2.24. The molecule has 1 N–H and O–H groups in total. The van der Waals surface area contributed by atoms with Crippen molar-refractivity contribution in [3.05, 3.63) is 34.4 Å². The number of ether oxygens (including phenoxy) is 1. The highest BCUT2D eigenvalue weighted by Gasteiger charge is 2.47. The molecule has 0 aromatic heterocycles. The summed E-state index contributed by atoms with van der Waals surface area (Å²) in [6, 6.07) is 4.65. The molecule has 19 heavy (non-hydrogen) atoms. The first kappa shape index (κ1) is 14.5. The van der Waals surface area contributed by atoms with E-state index in [9.17, 15) is 5.11 Å². The Hall–Kier alpha value is -0.900. The molecule has 1 aliphatic rings. The van der Waals surface area contributed by atoms with Gasteiger partial charge in [0.25, 0.3) is 0 Å². The quantitative estimate of drug-likeness (QED) is 0.904. The van der Waals surface area contributed by atoms with Crippen LogP contribution in [0.4, 0.5) is 0 Å². The van der Waals surface area contributed by atoms with Crippen LogP contribution < -0.4 is 0 Å². The molecule has 1 aromatic rings. The molecular formula is C16H25NO2. The molecule has 0 radical (unpaired) electrons. The summed E-state index contributed by atoms with van der Waals surface area (Å²) in [5, 5.41) is 9.85. The summed E-state index contributed by atoms with van der Waals surface area (Å²) in [4.78, 5) is 2.21. The molecule has 106 valence electrons. The zero-order chi connectivity index (χ0) is 14.2. The fraction of sp³-hybridized carbons (Fsp3) is 0.625. The predicted octanol–water partition coefficient (Wildman–Crippen LogP) is 2.22. The van der Waals surface area contributed by atoms with Crippen LogP contribution in [0.5, 0.6) is 0 Å². The molecule has 1 aliphatic heterocycles. The molecule has 1 unspecified atom stereocenters. The maximum Gasteiger partial charge on any atom is 0.0598 e. The highest BCUT2D eigenvalue weighted by molar-refractivity contribution is 5.41. The smallest absolute Gasteiger partial charge is 0.0598 e. The third-order valence-electron chi connectivity index (χ3n) is 4.20. The van der Waals surface area contributed by atoms with Crippen molar-refractivity contribution in [2.24, 2.45) is 5.41 Å². The van der Waals surface area contributed by atoms with Crippen LogP contribution in [0.15, 0.2) is 12.1 Å². The molecule has 0 saturated carbocycles. The molecule has 1 fully saturated rings. The normalized spacial score (nSPS) is 19.3. The maximum atomic E-state index is 9.85.